The first-order valence-corrected chi connectivity index (χ1v) is 12.1. The summed E-state index contributed by atoms with van der Waals surface area (Å²) in [7, 11) is 3.21. The van der Waals surface area contributed by atoms with E-state index in [-0.39, 0.29) is 18.1 Å². The van der Waals surface area contributed by atoms with Gasteiger partial charge in [0.05, 0.1) is 20.8 Å². The van der Waals surface area contributed by atoms with E-state index >= 15 is 0 Å². The summed E-state index contributed by atoms with van der Waals surface area (Å²) in [5, 5.41) is 11.3. The highest BCUT2D eigenvalue weighted by atomic mass is 32.1. The Kier molecular flexibility index (Phi) is 7.47. The van der Waals surface area contributed by atoms with E-state index < -0.39 is 5.97 Å². The summed E-state index contributed by atoms with van der Waals surface area (Å²) in [5.74, 6) is 0.489. The Balaban J connectivity index is 1.58. The molecule has 0 spiro atoms. The molecule has 7 nitrogen and oxygen atoms in total. The van der Waals surface area contributed by atoms with Gasteiger partial charge >= 0.3 is 5.97 Å². The summed E-state index contributed by atoms with van der Waals surface area (Å²) in [5.41, 5.74) is 2.69. The highest BCUT2D eigenvalue weighted by Crippen LogP contribution is 2.49. The van der Waals surface area contributed by atoms with Crippen LogP contribution in [0.5, 0.6) is 11.5 Å². The zero-order chi connectivity index (χ0) is 24.1. The number of carboxylic acids is 1. The number of hydrogen-bond donors (Lipinski definition) is 1. The zero-order valence-corrected chi connectivity index (χ0v) is 20.1. The number of aryl methyl sites for hydroxylation is 1. The number of carbonyl (C=O) groups excluding carboxylic acids is 1. The monoisotopic (exact) mass is 480 g/mol. The molecule has 3 aromatic rings. The first-order valence-electron chi connectivity index (χ1n) is 11.3. The van der Waals surface area contributed by atoms with Gasteiger partial charge in [-0.05, 0) is 49.3 Å². The quantitative estimate of drug-likeness (QED) is 0.415. The lowest BCUT2D eigenvalue weighted by molar-refractivity contribution is 0.0691. The maximum absolute atomic E-state index is 13.6. The number of aromatic nitrogens is 1. The van der Waals surface area contributed by atoms with Gasteiger partial charge in [0.25, 0.3) is 5.91 Å². The highest BCUT2D eigenvalue weighted by molar-refractivity contribution is 7.09. The van der Waals surface area contributed by atoms with Crippen molar-refractivity contribution in [2.75, 3.05) is 20.8 Å². The fourth-order valence-corrected chi connectivity index (χ4v) is 4.82. The van der Waals surface area contributed by atoms with Crippen molar-refractivity contribution in [3.8, 4) is 11.5 Å². The Morgan fingerprint density at radius 1 is 1.12 bits per heavy atom. The molecule has 0 aliphatic heterocycles. The molecule has 0 radical (unpaired) electrons. The zero-order valence-electron chi connectivity index (χ0n) is 19.3. The van der Waals surface area contributed by atoms with Crippen LogP contribution in [0.4, 0.5) is 0 Å². The summed E-state index contributed by atoms with van der Waals surface area (Å²) >= 11 is 1.24. The maximum atomic E-state index is 13.6. The molecular weight excluding hydrogens is 452 g/mol. The van der Waals surface area contributed by atoms with Gasteiger partial charge in [-0.15, -0.1) is 11.3 Å². The van der Waals surface area contributed by atoms with Crippen molar-refractivity contribution in [1.29, 1.82) is 0 Å². The topological polar surface area (TPSA) is 89.0 Å². The Morgan fingerprint density at radius 2 is 1.79 bits per heavy atom. The van der Waals surface area contributed by atoms with E-state index in [9.17, 15) is 14.7 Å². The second kappa shape index (κ2) is 10.7. The molecule has 2 aromatic carbocycles. The summed E-state index contributed by atoms with van der Waals surface area (Å²) in [6.07, 6.45) is 3.76. The predicted octanol–water partition coefficient (Wildman–Crippen LogP) is 5.01. The number of aromatic carboxylic acids is 1. The van der Waals surface area contributed by atoms with Crippen LogP contribution < -0.4 is 9.47 Å². The molecule has 1 aliphatic carbocycles. The Bertz CT molecular complexity index is 1130. The van der Waals surface area contributed by atoms with Crippen LogP contribution in [-0.2, 0) is 13.0 Å². The van der Waals surface area contributed by atoms with Crippen LogP contribution in [0.25, 0.3) is 0 Å². The van der Waals surface area contributed by atoms with E-state index in [1.165, 1.54) is 22.3 Å². The number of amides is 1. The van der Waals surface area contributed by atoms with Gasteiger partial charge in [0.2, 0.25) is 0 Å². The Labute approximate surface area is 203 Å². The van der Waals surface area contributed by atoms with Gasteiger partial charge in [0.1, 0.15) is 16.5 Å². The molecule has 8 heteroatoms. The average molecular weight is 481 g/mol. The predicted molar refractivity (Wildman–Crippen MR) is 130 cm³/mol. The minimum atomic E-state index is -1.07. The van der Waals surface area contributed by atoms with Crippen molar-refractivity contribution in [1.82, 2.24) is 9.88 Å². The Hall–Kier alpha value is -3.39. The molecule has 1 N–H and O–H groups in total. The van der Waals surface area contributed by atoms with Crippen LogP contribution in [0.1, 0.15) is 62.2 Å². The molecule has 4 rings (SSSR count). The van der Waals surface area contributed by atoms with Crippen molar-refractivity contribution in [2.24, 2.45) is 0 Å². The van der Waals surface area contributed by atoms with Gasteiger partial charge in [-0.1, -0.05) is 30.3 Å². The van der Waals surface area contributed by atoms with Gasteiger partial charge < -0.3 is 19.5 Å². The van der Waals surface area contributed by atoms with Gasteiger partial charge in [-0.2, -0.15) is 0 Å². The van der Waals surface area contributed by atoms with Crippen LogP contribution in [0.2, 0.25) is 0 Å². The van der Waals surface area contributed by atoms with E-state index in [1.807, 2.05) is 18.2 Å². The molecular formula is C26H28N2O5S. The molecule has 1 aliphatic rings. The number of methoxy groups -OCH3 is 2. The Morgan fingerprint density at radius 3 is 2.35 bits per heavy atom. The van der Waals surface area contributed by atoms with Crippen LogP contribution >= 0.6 is 11.3 Å². The third kappa shape index (κ3) is 5.56. The van der Waals surface area contributed by atoms with Crippen LogP contribution in [0, 0.1) is 0 Å². The van der Waals surface area contributed by atoms with Crippen LogP contribution in [-0.4, -0.2) is 47.6 Å². The molecule has 0 saturated heterocycles. The lowest BCUT2D eigenvalue weighted by atomic mass is 10.0. The van der Waals surface area contributed by atoms with Crippen LogP contribution in [0.3, 0.4) is 0 Å². The number of benzene rings is 2. The van der Waals surface area contributed by atoms with E-state index in [1.54, 1.807) is 31.3 Å². The number of carboxylic acid groups (broad SMARTS) is 1. The fourth-order valence-electron chi connectivity index (χ4n) is 4.04. The number of rotatable bonds is 11. The van der Waals surface area contributed by atoms with E-state index in [0.29, 0.717) is 34.5 Å². The fraction of sp³-hybridized carbons (Fsp3) is 0.346. The first kappa shape index (κ1) is 23.8. The van der Waals surface area contributed by atoms with Gasteiger partial charge in [0.15, 0.2) is 5.69 Å². The molecule has 1 heterocycles. The van der Waals surface area contributed by atoms with Gasteiger partial charge in [-0.25, -0.2) is 9.78 Å². The smallest absolute Gasteiger partial charge is 0.355 e. The van der Waals surface area contributed by atoms with E-state index in [2.05, 4.69) is 17.1 Å². The van der Waals surface area contributed by atoms with E-state index in [0.717, 1.165) is 31.2 Å². The third-order valence-corrected chi connectivity index (χ3v) is 6.73. The van der Waals surface area contributed by atoms with Gasteiger partial charge in [0, 0.05) is 23.1 Å². The average Bonchev–Trinajstić information content (AvgIpc) is 3.59. The van der Waals surface area contributed by atoms with Crippen molar-refractivity contribution in [3.63, 3.8) is 0 Å². The molecule has 1 saturated carbocycles. The maximum Gasteiger partial charge on any atom is 0.355 e. The lowest BCUT2D eigenvalue weighted by Gasteiger charge is -2.23. The number of hydrogen-bond acceptors (Lipinski definition) is 6. The summed E-state index contributed by atoms with van der Waals surface area (Å²) < 4.78 is 11.2. The first-order chi connectivity index (χ1) is 16.5. The van der Waals surface area contributed by atoms with Crippen molar-refractivity contribution < 1.29 is 24.2 Å². The van der Waals surface area contributed by atoms with Gasteiger partial charge in [-0.3, -0.25) is 4.79 Å². The second-order valence-electron chi connectivity index (χ2n) is 8.32. The van der Waals surface area contributed by atoms with Crippen molar-refractivity contribution in [2.45, 2.75) is 38.1 Å². The minimum Gasteiger partial charge on any atom is -0.496 e. The van der Waals surface area contributed by atoms with E-state index in [4.69, 9.17) is 9.47 Å². The molecule has 1 fully saturated rings. The summed E-state index contributed by atoms with van der Waals surface area (Å²) in [4.78, 5) is 30.8. The normalized spacial score (nSPS) is 12.9. The lowest BCUT2D eigenvalue weighted by Crippen LogP contribution is -2.32. The third-order valence-electron chi connectivity index (χ3n) is 5.90. The molecule has 34 heavy (non-hydrogen) atoms. The SMILES string of the molecule is COc1cc(C(=O)N(CCCc2ccccc2)Cc2nc(C(=O)O)cs2)cc(OC)c1C1CC1. The number of carbonyl (C=O) groups is 2. The summed E-state index contributed by atoms with van der Waals surface area (Å²) in [6.45, 7) is 0.741. The number of thiazole rings is 1. The standard InChI is InChI=1S/C26H28N2O5S/c1-32-21-13-19(14-22(33-2)24(21)18-10-11-18)25(29)28(12-6-9-17-7-4-3-5-8-17)15-23-27-20(16-34-23)26(30)31/h3-5,7-8,13-14,16,18H,6,9-12,15H2,1-2H3,(H,30,31). The molecule has 178 valence electrons. The van der Waals surface area contributed by atoms with Crippen molar-refractivity contribution in [3.05, 3.63) is 75.2 Å². The molecule has 0 bridgehead atoms. The molecule has 0 atom stereocenters. The molecule has 1 amide bonds. The van der Waals surface area contributed by atoms with Crippen LogP contribution in [0.15, 0.2) is 47.8 Å². The second-order valence-corrected chi connectivity index (χ2v) is 9.26. The highest BCUT2D eigenvalue weighted by Gasteiger charge is 2.32. The number of ether oxygens (including phenoxy) is 2. The van der Waals surface area contributed by atoms with Crippen molar-refractivity contribution >= 4 is 23.2 Å². The molecule has 0 unspecified atom stereocenters. The minimum absolute atomic E-state index is 0.00573. The molecule has 1 aromatic heterocycles. The number of nitrogens with zero attached hydrogens (tertiary/aromatic N) is 2. The summed E-state index contributed by atoms with van der Waals surface area (Å²) in [6, 6.07) is 13.7. The largest absolute Gasteiger partial charge is 0.496 e.